The minimum Gasteiger partial charge on any atom is -0.375 e. The lowest BCUT2D eigenvalue weighted by molar-refractivity contribution is 0.587. The molecule has 4 aromatic rings. The Morgan fingerprint density at radius 3 is 2.50 bits per heavy atom. The van der Waals surface area contributed by atoms with Crippen LogP contribution in [0.3, 0.4) is 0 Å². The zero-order chi connectivity index (χ0) is 24.6. The van der Waals surface area contributed by atoms with Gasteiger partial charge in [-0.15, -0.1) is 0 Å². The van der Waals surface area contributed by atoms with Crippen LogP contribution >= 0.6 is 18.7 Å². The number of aromatic nitrogens is 3. The fourth-order valence-electron chi connectivity index (χ4n) is 3.49. The molecular formula is C24H19ClF2N5OP. The SMILES string of the molecule is CC(Nc1c(Cl)cnc2cc(F)c(-c3ccc(P(C)(C)=O)nc3)nc12)c1cc(C#N)ccc1F. The van der Waals surface area contributed by atoms with E-state index in [4.69, 9.17) is 16.9 Å². The maximum absolute atomic E-state index is 14.9. The number of anilines is 1. The minimum atomic E-state index is -2.56. The van der Waals surface area contributed by atoms with Crippen molar-refractivity contribution < 1.29 is 13.3 Å². The molecule has 0 aliphatic rings. The van der Waals surface area contributed by atoms with Gasteiger partial charge >= 0.3 is 0 Å². The minimum absolute atomic E-state index is 0.0195. The molecule has 1 N–H and O–H groups in total. The van der Waals surface area contributed by atoms with Crippen molar-refractivity contribution in [3.05, 3.63) is 76.6 Å². The first kappa shape index (κ1) is 23.7. The number of rotatable bonds is 5. The van der Waals surface area contributed by atoms with Gasteiger partial charge in [-0.25, -0.2) is 13.8 Å². The van der Waals surface area contributed by atoms with Gasteiger partial charge in [0.05, 0.1) is 39.3 Å². The first-order valence-electron chi connectivity index (χ1n) is 10.2. The summed E-state index contributed by atoms with van der Waals surface area (Å²) in [4.78, 5) is 12.8. The first-order valence-corrected chi connectivity index (χ1v) is 13.2. The van der Waals surface area contributed by atoms with E-state index in [-0.39, 0.29) is 27.3 Å². The number of hydrogen-bond donors (Lipinski definition) is 1. The lowest BCUT2D eigenvalue weighted by atomic mass is 10.0. The Bertz CT molecular complexity index is 1500. The van der Waals surface area contributed by atoms with Gasteiger partial charge in [-0.1, -0.05) is 11.6 Å². The quantitative estimate of drug-likeness (QED) is 0.344. The summed E-state index contributed by atoms with van der Waals surface area (Å²) >= 11 is 6.39. The number of hydrogen-bond acceptors (Lipinski definition) is 6. The van der Waals surface area contributed by atoms with Crippen molar-refractivity contribution in [2.75, 3.05) is 18.6 Å². The molecule has 0 fully saturated rings. The topological polar surface area (TPSA) is 91.6 Å². The number of benzene rings is 1. The summed E-state index contributed by atoms with van der Waals surface area (Å²) < 4.78 is 41.6. The van der Waals surface area contributed by atoms with Crippen LogP contribution in [0.15, 0.2) is 48.8 Å². The monoisotopic (exact) mass is 497 g/mol. The van der Waals surface area contributed by atoms with E-state index in [9.17, 15) is 13.3 Å². The van der Waals surface area contributed by atoms with Crippen LogP contribution in [0.2, 0.25) is 5.02 Å². The molecule has 1 atom stereocenters. The molecule has 1 aromatic carbocycles. The number of nitrogens with zero attached hydrogens (tertiary/aromatic N) is 4. The van der Waals surface area contributed by atoms with Gasteiger partial charge in [-0.05, 0) is 50.6 Å². The van der Waals surface area contributed by atoms with E-state index in [1.54, 1.807) is 32.4 Å². The molecule has 0 bridgehead atoms. The van der Waals surface area contributed by atoms with Gasteiger partial charge in [0.1, 0.15) is 24.2 Å². The van der Waals surface area contributed by atoms with Crippen LogP contribution in [0.25, 0.3) is 22.3 Å². The molecular weight excluding hydrogens is 479 g/mol. The summed E-state index contributed by atoms with van der Waals surface area (Å²) in [5.41, 5.74) is 2.31. The first-order chi connectivity index (χ1) is 16.1. The molecule has 0 aliphatic heterocycles. The molecule has 0 amide bonds. The summed E-state index contributed by atoms with van der Waals surface area (Å²) in [7, 11) is -2.56. The summed E-state index contributed by atoms with van der Waals surface area (Å²) in [5.74, 6) is -1.09. The fourth-order valence-corrected chi connectivity index (χ4v) is 4.45. The Labute approximate surface area is 200 Å². The number of nitrogens with one attached hydrogen (secondary N) is 1. The molecule has 34 heavy (non-hydrogen) atoms. The van der Waals surface area contributed by atoms with E-state index in [1.807, 2.05) is 6.07 Å². The van der Waals surface area contributed by atoms with E-state index in [2.05, 4.69) is 20.3 Å². The third kappa shape index (κ3) is 4.63. The normalized spacial score (nSPS) is 12.4. The van der Waals surface area contributed by atoms with Crippen LogP contribution in [0, 0.1) is 23.0 Å². The van der Waals surface area contributed by atoms with Crippen molar-refractivity contribution >= 4 is 40.9 Å². The molecule has 172 valence electrons. The highest BCUT2D eigenvalue weighted by Crippen LogP contribution is 2.36. The highest BCUT2D eigenvalue weighted by molar-refractivity contribution is 7.69. The number of nitriles is 1. The molecule has 10 heteroatoms. The largest absolute Gasteiger partial charge is 0.375 e. The number of pyridine rings is 3. The van der Waals surface area contributed by atoms with Gasteiger partial charge in [0.15, 0.2) is 5.82 Å². The van der Waals surface area contributed by atoms with E-state index < -0.39 is 24.8 Å². The lowest BCUT2D eigenvalue weighted by Gasteiger charge is -2.19. The van der Waals surface area contributed by atoms with Crippen LogP contribution in [-0.2, 0) is 4.57 Å². The average molecular weight is 498 g/mol. The fraction of sp³-hybridized carbons (Fsp3) is 0.167. The van der Waals surface area contributed by atoms with Crippen molar-refractivity contribution in [2.24, 2.45) is 0 Å². The molecule has 6 nitrogen and oxygen atoms in total. The molecule has 0 radical (unpaired) electrons. The van der Waals surface area contributed by atoms with Crippen LogP contribution in [-0.4, -0.2) is 28.3 Å². The average Bonchev–Trinajstić information content (AvgIpc) is 2.80. The molecule has 0 saturated carbocycles. The second kappa shape index (κ2) is 9.09. The highest BCUT2D eigenvalue weighted by Gasteiger charge is 2.19. The summed E-state index contributed by atoms with van der Waals surface area (Å²) in [6, 6.07) is 9.91. The number of fused-ring (bicyclic) bond motifs is 1. The van der Waals surface area contributed by atoms with Crippen molar-refractivity contribution in [1.82, 2.24) is 15.0 Å². The second-order valence-corrected chi connectivity index (χ2v) is 11.7. The molecule has 4 rings (SSSR count). The van der Waals surface area contributed by atoms with Crippen molar-refractivity contribution in [1.29, 1.82) is 5.26 Å². The zero-order valence-electron chi connectivity index (χ0n) is 18.5. The Morgan fingerprint density at radius 2 is 1.85 bits per heavy atom. The summed E-state index contributed by atoms with van der Waals surface area (Å²) in [5, 5.41) is 12.5. The molecule has 3 heterocycles. The van der Waals surface area contributed by atoms with Gasteiger partial charge in [-0.2, -0.15) is 5.26 Å². The van der Waals surface area contributed by atoms with Crippen molar-refractivity contribution in [2.45, 2.75) is 13.0 Å². The summed E-state index contributed by atoms with van der Waals surface area (Å²) in [6.07, 6.45) is 2.78. The van der Waals surface area contributed by atoms with Gasteiger partial charge in [0.2, 0.25) is 0 Å². The lowest BCUT2D eigenvalue weighted by Crippen LogP contribution is -2.11. The van der Waals surface area contributed by atoms with Crippen LogP contribution in [0.5, 0.6) is 0 Å². The van der Waals surface area contributed by atoms with E-state index in [1.165, 1.54) is 36.7 Å². The maximum atomic E-state index is 14.9. The molecule has 0 spiro atoms. The van der Waals surface area contributed by atoms with Crippen molar-refractivity contribution in [3.63, 3.8) is 0 Å². The van der Waals surface area contributed by atoms with Gasteiger partial charge in [0, 0.05) is 29.6 Å². The molecule has 3 aromatic heterocycles. The van der Waals surface area contributed by atoms with Crippen LogP contribution < -0.4 is 10.8 Å². The van der Waals surface area contributed by atoms with Crippen LogP contribution in [0.1, 0.15) is 24.1 Å². The predicted octanol–water partition coefficient (Wildman–Crippen LogP) is 5.92. The molecule has 1 unspecified atom stereocenters. The third-order valence-electron chi connectivity index (χ3n) is 5.27. The third-order valence-corrected chi connectivity index (χ3v) is 6.93. The number of halogens is 3. The second-order valence-electron chi connectivity index (χ2n) is 8.14. The van der Waals surface area contributed by atoms with Gasteiger partial charge in [-0.3, -0.25) is 9.97 Å². The van der Waals surface area contributed by atoms with Crippen molar-refractivity contribution in [3.8, 4) is 17.3 Å². The van der Waals surface area contributed by atoms with Gasteiger partial charge in [0.25, 0.3) is 0 Å². The Kier molecular flexibility index (Phi) is 6.35. The highest BCUT2D eigenvalue weighted by atomic mass is 35.5. The van der Waals surface area contributed by atoms with E-state index in [0.29, 0.717) is 22.2 Å². The van der Waals surface area contributed by atoms with Crippen LogP contribution in [0.4, 0.5) is 14.5 Å². The Morgan fingerprint density at radius 1 is 1.09 bits per heavy atom. The maximum Gasteiger partial charge on any atom is 0.151 e. The standard InChI is InChI=1S/C24H19ClF2N5OP/c1-13(16-8-14(10-28)4-6-18(16)26)31-23-17(25)12-29-20-9-19(27)22(32-24(20)23)15-5-7-21(30-11-15)34(2,3)33/h4-9,11-13H,1-3H3,(H,29,31). The smallest absolute Gasteiger partial charge is 0.151 e. The Balaban J connectivity index is 1.80. The molecule has 0 saturated heterocycles. The predicted molar refractivity (Wildman–Crippen MR) is 130 cm³/mol. The Hall–Kier alpha value is -3.40. The zero-order valence-corrected chi connectivity index (χ0v) is 20.1. The molecule has 0 aliphatic carbocycles. The van der Waals surface area contributed by atoms with E-state index in [0.717, 1.165) is 0 Å². The van der Waals surface area contributed by atoms with E-state index >= 15 is 0 Å². The summed E-state index contributed by atoms with van der Waals surface area (Å²) in [6.45, 7) is 4.92. The van der Waals surface area contributed by atoms with Gasteiger partial charge < -0.3 is 9.88 Å².